The molecule has 0 saturated carbocycles. The van der Waals surface area contributed by atoms with E-state index in [4.69, 9.17) is 10.5 Å². The lowest BCUT2D eigenvalue weighted by Crippen LogP contribution is -2.31. The van der Waals surface area contributed by atoms with Crippen molar-refractivity contribution in [2.24, 2.45) is 11.7 Å². The van der Waals surface area contributed by atoms with Crippen LogP contribution in [0.1, 0.15) is 70.8 Å². The van der Waals surface area contributed by atoms with Gasteiger partial charge in [0.05, 0.1) is 5.56 Å². The molecule has 2 nitrogen and oxygen atoms in total. The molecule has 7 heteroatoms. The number of halogens is 5. The van der Waals surface area contributed by atoms with Crippen molar-refractivity contribution >= 4 is 0 Å². The highest BCUT2D eigenvalue weighted by atomic mass is 19.4. The molecule has 1 aromatic rings. The van der Waals surface area contributed by atoms with Gasteiger partial charge in [0.25, 0.3) is 0 Å². The zero-order valence-corrected chi connectivity index (χ0v) is 16.7. The first-order chi connectivity index (χ1) is 13.1. The van der Waals surface area contributed by atoms with Gasteiger partial charge in [0.1, 0.15) is 11.9 Å². The van der Waals surface area contributed by atoms with Crippen molar-refractivity contribution in [3.05, 3.63) is 29.8 Å². The molecule has 0 aliphatic carbocycles. The predicted molar refractivity (Wildman–Crippen MR) is 102 cm³/mol. The van der Waals surface area contributed by atoms with Crippen LogP contribution in [0.25, 0.3) is 0 Å². The molecule has 2 unspecified atom stereocenters. The smallest absolute Gasteiger partial charge is 0.416 e. The van der Waals surface area contributed by atoms with Gasteiger partial charge in [-0.3, -0.25) is 0 Å². The molecule has 0 aliphatic rings. The SMILES string of the molecule is CCCC(F)(F)CC(C)C(CCCCCCN)Oc1ccc(C(F)(F)F)cc1. The Morgan fingerprint density at radius 1 is 0.964 bits per heavy atom. The van der Waals surface area contributed by atoms with Crippen LogP contribution in [-0.4, -0.2) is 18.6 Å². The molecule has 2 N–H and O–H groups in total. The van der Waals surface area contributed by atoms with Crippen LogP contribution in [0.4, 0.5) is 22.0 Å². The van der Waals surface area contributed by atoms with Crippen LogP contribution in [0.5, 0.6) is 5.75 Å². The number of hydrogen-bond donors (Lipinski definition) is 1. The van der Waals surface area contributed by atoms with Crippen LogP contribution in [0.3, 0.4) is 0 Å². The van der Waals surface area contributed by atoms with Crippen molar-refractivity contribution in [1.82, 2.24) is 0 Å². The first-order valence-electron chi connectivity index (χ1n) is 10.0. The summed E-state index contributed by atoms with van der Waals surface area (Å²) in [6.07, 6.45) is -0.808. The van der Waals surface area contributed by atoms with Crippen LogP contribution in [0, 0.1) is 5.92 Å². The molecule has 0 radical (unpaired) electrons. The van der Waals surface area contributed by atoms with E-state index >= 15 is 0 Å². The Morgan fingerprint density at radius 3 is 2.11 bits per heavy atom. The molecule has 162 valence electrons. The first-order valence-corrected chi connectivity index (χ1v) is 10.0. The van der Waals surface area contributed by atoms with Gasteiger partial charge in [-0.25, -0.2) is 8.78 Å². The molecule has 28 heavy (non-hydrogen) atoms. The number of unbranched alkanes of at least 4 members (excludes halogenated alkanes) is 3. The molecule has 0 heterocycles. The number of alkyl halides is 5. The summed E-state index contributed by atoms with van der Waals surface area (Å²) in [5.41, 5.74) is 4.71. The van der Waals surface area contributed by atoms with Gasteiger partial charge < -0.3 is 10.5 Å². The van der Waals surface area contributed by atoms with Gasteiger partial charge in [-0.1, -0.05) is 33.1 Å². The maximum absolute atomic E-state index is 14.1. The maximum atomic E-state index is 14.1. The number of hydrogen-bond acceptors (Lipinski definition) is 2. The fourth-order valence-electron chi connectivity index (χ4n) is 3.27. The molecule has 1 aromatic carbocycles. The van der Waals surface area contributed by atoms with Crippen LogP contribution in [0.15, 0.2) is 24.3 Å². The second-order valence-electron chi connectivity index (χ2n) is 7.46. The van der Waals surface area contributed by atoms with Crippen LogP contribution >= 0.6 is 0 Å². The largest absolute Gasteiger partial charge is 0.490 e. The molecule has 0 aliphatic heterocycles. The van der Waals surface area contributed by atoms with Crippen molar-refractivity contribution in [2.75, 3.05) is 6.54 Å². The molecule has 0 spiro atoms. The van der Waals surface area contributed by atoms with E-state index in [-0.39, 0.29) is 18.6 Å². The lowest BCUT2D eigenvalue weighted by Gasteiger charge is -2.28. The molecule has 1 rings (SSSR count). The topological polar surface area (TPSA) is 35.2 Å². The average Bonchev–Trinajstić information content (AvgIpc) is 2.59. The second-order valence-corrected chi connectivity index (χ2v) is 7.46. The van der Waals surface area contributed by atoms with Crippen molar-refractivity contribution in [2.45, 2.75) is 83.4 Å². The summed E-state index contributed by atoms with van der Waals surface area (Å²) in [5.74, 6) is -2.92. The summed E-state index contributed by atoms with van der Waals surface area (Å²) in [5, 5.41) is 0. The van der Waals surface area contributed by atoms with Crippen molar-refractivity contribution < 1.29 is 26.7 Å². The summed E-state index contributed by atoms with van der Waals surface area (Å²) in [6, 6.07) is 4.40. The van der Waals surface area contributed by atoms with E-state index in [9.17, 15) is 22.0 Å². The van der Waals surface area contributed by atoms with E-state index in [0.29, 0.717) is 19.4 Å². The Labute approximate surface area is 164 Å². The van der Waals surface area contributed by atoms with Crippen LogP contribution in [-0.2, 0) is 6.18 Å². The highest BCUT2D eigenvalue weighted by molar-refractivity contribution is 5.29. The Kier molecular flexibility index (Phi) is 10.2. The predicted octanol–water partition coefficient (Wildman–Crippen LogP) is 6.82. The van der Waals surface area contributed by atoms with Crippen LogP contribution in [0.2, 0.25) is 0 Å². The zero-order chi connectivity index (χ0) is 21.2. The fourth-order valence-corrected chi connectivity index (χ4v) is 3.27. The number of benzene rings is 1. The minimum atomic E-state index is -4.42. The zero-order valence-electron chi connectivity index (χ0n) is 16.7. The third-order valence-corrected chi connectivity index (χ3v) is 4.78. The Morgan fingerprint density at radius 2 is 1.57 bits per heavy atom. The highest BCUT2D eigenvalue weighted by Gasteiger charge is 2.34. The summed E-state index contributed by atoms with van der Waals surface area (Å²) >= 11 is 0. The molecule has 0 fully saturated rings. The summed E-state index contributed by atoms with van der Waals surface area (Å²) < 4.78 is 72.1. The Bertz CT molecular complexity index is 545. The number of nitrogens with two attached hydrogens (primary N) is 1. The summed E-state index contributed by atoms with van der Waals surface area (Å²) in [6.45, 7) is 4.05. The third-order valence-electron chi connectivity index (χ3n) is 4.78. The molecule has 0 aromatic heterocycles. The molecular weight excluding hydrogens is 377 g/mol. The van der Waals surface area contributed by atoms with Gasteiger partial charge in [-0.2, -0.15) is 13.2 Å². The summed E-state index contributed by atoms with van der Waals surface area (Å²) in [4.78, 5) is 0. The van der Waals surface area contributed by atoms with E-state index in [0.717, 1.165) is 37.8 Å². The summed E-state index contributed by atoms with van der Waals surface area (Å²) in [7, 11) is 0. The third kappa shape index (κ3) is 9.22. The number of rotatable bonds is 13. The monoisotopic (exact) mass is 409 g/mol. The normalized spacial score (nSPS) is 14.7. The Balaban J connectivity index is 2.78. The standard InChI is InChI=1S/C21H32F5NO/c1-3-13-20(22,23)15-16(2)19(8-6-4-5-7-14-27)28-18-11-9-17(10-12-18)21(24,25)26/h9-12,16,19H,3-8,13-15,27H2,1-2H3. The number of ether oxygens (including phenoxy) is 1. The minimum Gasteiger partial charge on any atom is -0.490 e. The maximum Gasteiger partial charge on any atom is 0.416 e. The van der Waals surface area contributed by atoms with Gasteiger partial charge >= 0.3 is 6.18 Å². The van der Waals surface area contributed by atoms with Gasteiger partial charge in [-0.05, 0) is 56.0 Å². The van der Waals surface area contributed by atoms with E-state index in [2.05, 4.69) is 0 Å². The van der Waals surface area contributed by atoms with Crippen molar-refractivity contribution in [3.63, 3.8) is 0 Å². The lowest BCUT2D eigenvalue weighted by atomic mass is 9.91. The first kappa shape index (κ1) is 24.7. The Hall–Kier alpha value is -1.37. The minimum absolute atomic E-state index is 0.180. The van der Waals surface area contributed by atoms with E-state index in [1.54, 1.807) is 13.8 Å². The lowest BCUT2D eigenvalue weighted by molar-refractivity contribution is -0.137. The van der Waals surface area contributed by atoms with Crippen molar-refractivity contribution in [1.29, 1.82) is 0 Å². The molecule has 0 saturated heterocycles. The van der Waals surface area contributed by atoms with Gasteiger partial charge in [0, 0.05) is 12.8 Å². The molecule has 2 atom stereocenters. The molecule has 0 bridgehead atoms. The average molecular weight is 409 g/mol. The van der Waals surface area contributed by atoms with E-state index < -0.39 is 29.7 Å². The van der Waals surface area contributed by atoms with Gasteiger partial charge in [0.15, 0.2) is 0 Å². The van der Waals surface area contributed by atoms with Gasteiger partial charge in [-0.15, -0.1) is 0 Å². The fraction of sp³-hybridized carbons (Fsp3) is 0.714. The second kappa shape index (κ2) is 11.6. The van der Waals surface area contributed by atoms with E-state index in [1.807, 2.05) is 0 Å². The van der Waals surface area contributed by atoms with Crippen molar-refractivity contribution in [3.8, 4) is 5.75 Å². The quantitative estimate of drug-likeness (QED) is 0.286. The highest BCUT2D eigenvalue weighted by Crippen LogP contribution is 2.34. The van der Waals surface area contributed by atoms with E-state index in [1.165, 1.54) is 12.1 Å². The van der Waals surface area contributed by atoms with Gasteiger partial charge in [0.2, 0.25) is 5.92 Å². The van der Waals surface area contributed by atoms with Crippen LogP contribution < -0.4 is 10.5 Å². The molecular formula is C21H32F5NO. The molecule has 0 amide bonds.